The van der Waals surface area contributed by atoms with E-state index in [-0.39, 0.29) is 5.91 Å². The summed E-state index contributed by atoms with van der Waals surface area (Å²) in [7, 11) is 1.83. The molecule has 2 aromatic rings. The van der Waals surface area contributed by atoms with Crippen LogP contribution in [0.15, 0.2) is 36.7 Å². The minimum absolute atomic E-state index is 0.107. The number of hydrogen-bond donors (Lipinski definition) is 2. The molecule has 2 N–H and O–H groups in total. The molecule has 0 fully saturated rings. The number of carbonyl (C=O) groups excluding carboxylic acids is 1. The molecule has 1 aromatic heterocycles. The van der Waals surface area contributed by atoms with Crippen molar-refractivity contribution >= 4 is 17.6 Å². The average Bonchev–Trinajstić information content (AvgIpc) is 2.90. The molecule has 1 amide bonds. The summed E-state index contributed by atoms with van der Waals surface area (Å²) in [5.41, 5.74) is 2.28. The molecule has 0 aliphatic heterocycles. The van der Waals surface area contributed by atoms with Gasteiger partial charge in [-0.05, 0) is 36.6 Å². The highest BCUT2D eigenvalue weighted by atomic mass is 16.4. The maximum atomic E-state index is 12.0. The molecule has 116 valence electrons. The zero-order valence-electron chi connectivity index (χ0n) is 12.6. The lowest BCUT2D eigenvalue weighted by Gasteiger charge is -2.10. The van der Waals surface area contributed by atoms with Crippen molar-refractivity contribution in [3.8, 4) is 0 Å². The lowest BCUT2D eigenvalue weighted by molar-refractivity contribution is -0.138. The Morgan fingerprint density at radius 3 is 2.82 bits per heavy atom. The Labute approximate surface area is 128 Å². The smallest absolute Gasteiger partial charge is 0.310 e. The first-order valence-corrected chi connectivity index (χ1v) is 7.06. The van der Waals surface area contributed by atoms with Gasteiger partial charge in [-0.1, -0.05) is 12.1 Å². The van der Waals surface area contributed by atoms with Gasteiger partial charge in [-0.2, -0.15) is 5.10 Å². The molecule has 2 rings (SSSR count). The fourth-order valence-electron chi connectivity index (χ4n) is 2.11. The number of benzene rings is 1. The third-order valence-corrected chi connectivity index (χ3v) is 3.44. The average molecular weight is 301 g/mol. The number of nitrogens with zero attached hydrogens (tertiary/aromatic N) is 2. The van der Waals surface area contributed by atoms with E-state index in [0.29, 0.717) is 24.1 Å². The van der Waals surface area contributed by atoms with E-state index in [2.05, 4.69) is 10.4 Å². The summed E-state index contributed by atoms with van der Waals surface area (Å²) in [6, 6.07) is 6.93. The van der Waals surface area contributed by atoms with Gasteiger partial charge in [-0.25, -0.2) is 0 Å². The number of carboxylic acids is 1. The van der Waals surface area contributed by atoms with Crippen LogP contribution in [0, 0.1) is 0 Å². The number of aryl methyl sites for hydroxylation is 2. The highest BCUT2D eigenvalue weighted by Crippen LogP contribution is 2.19. The third-order valence-electron chi connectivity index (χ3n) is 3.44. The first kappa shape index (κ1) is 15.8. The van der Waals surface area contributed by atoms with E-state index >= 15 is 0 Å². The topological polar surface area (TPSA) is 84.2 Å². The van der Waals surface area contributed by atoms with E-state index < -0.39 is 11.9 Å². The molecular weight excluding hydrogens is 282 g/mol. The van der Waals surface area contributed by atoms with Crippen molar-refractivity contribution in [1.82, 2.24) is 9.78 Å². The Balaban J connectivity index is 1.93. The summed E-state index contributed by atoms with van der Waals surface area (Å²) in [6.45, 7) is 1.62. The summed E-state index contributed by atoms with van der Waals surface area (Å²) < 4.78 is 1.70. The molecule has 0 spiro atoms. The summed E-state index contributed by atoms with van der Waals surface area (Å²) >= 11 is 0. The Hall–Kier alpha value is -2.63. The summed E-state index contributed by atoms with van der Waals surface area (Å²) in [6.07, 6.45) is 4.58. The van der Waals surface area contributed by atoms with Crippen LogP contribution in [0.5, 0.6) is 0 Å². The largest absolute Gasteiger partial charge is 0.481 e. The predicted octanol–water partition coefficient (Wildman–Crippen LogP) is 2.18. The molecule has 1 atom stereocenters. The van der Waals surface area contributed by atoms with Gasteiger partial charge < -0.3 is 10.4 Å². The number of aromatic nitrogens is 2. The Kier molecular flexibility index (Phi) is 4.93. The van der Waals surface area contributed by atoms with Gasteiger partial charge in [0.1, 0.15) is 0 Å². The monoisotopic (exact) mass is 301 g/mol. The number of aliphatic carboxylic acids is 1. The van der Waals surface area contributed by atoms with E-state index in [1.807, 2.05) is 13.2 Å². The van der Waals surface area contributed by atoms with Crippen molar-refractivity contribution in [2.45, 2.75) is 25.7 Å². The molecule has 0 bridgehead atoms. The van der Waals surface area contributed by atoms with Crippen molar-refractivity contribution < 1.29 is 14.7 Å². The van der Waals surface area contributed by atoms with Crippen LogP contribution in [0.2, 0.25) is 0 Å². The van der Waals surface area contributed by atoms with Crippen molar-refractivity contribution in [2.75, 3.05) is 5.32 Å². The normalized spacial score (nSPS) is 11.9. The Morgan fingerprint density at radius 2 is 2.18 bits per heavy atom. The van der Waals surface area contributed by atoms with E-state index in [9.17, 15) is 9.59 Å². The van der Waals surface area contributed by atoms with E-state index in [1.54, 1.807) is 42.1 Å². The number of carboxylic acid groups (broad SMARTS) is 1. The molecule has 1 aromatic carbocycles. The number of nitrogens with one attached hydrogen (secondary N) is 1. The molecule has 1 unspecified atom stereocenters. The summed E-state index contributed by atoms with van der Waals surface area (Å²) in [4.78, 5) is 23.0. The molecule has 6 nitrogen and oxygen atoms in total. The van der Waals surface area contributed by atoms with Crippen LogP contribution in [0.1, 0.15) is 30.4 Å². The van der Waals surface area contributed by atoms with Gasteiger partial charge >= 0.3 is 5.97 Å². The first-order valence-electron chi connectivity index (χ1n) is 7.06. The molecule has 0 saturated heterocycles. The van der Waals surface area contributed by atoms with Crippen LogP contribution in [0.4, 0.5) is 5.69 Å². The van der Waals surface area contributed by atoms with Crippen molar-refractivity contribution in [3.05, 3.63) is 47.8 Å². The summed E-state index contributed by atoms with van der Waals surface area (Å²) in [5, 5.41) is 15.9. The second-order valence-corrected chi connectivity index (χ2v) is 5.26. The lowest BCUT2D eigenvalue weighted by Crippen LogP contribution is -2.13. The number of amides is 1. The second-order valence-electron chi connectivity index (χ2n) is 5.26. The quantitative estimate of drug-likeness (QED) is 0.856. The van der Waals surface area contributed by atoms with E-state index in [4.69, 9.17) is 5.11 Å². The first-order chi connectivity index (χ1) is 10.5. The van der Waals surface area contributed by atoms with Gasteiger partial charge in [0.2, 0.25) is 5.91 Å². The van der Waals surface area contributed by atoms with Crippen LogP contribution in [0.25, 0.3) is 0 Å². The number of carbonyl (C=O) groups is 2. The SMILES string of the molecule is CC(C(=O)O)c1cccc(NC(=O)CCc2cnn(C)c2)c1. The maximum absolute atomic E-state index is 12.0. The highest BCUT2D eigenvalue weighted by molar-refractivity contribution is 5.91. The van der Waals surface area contributed by atoms with Crippen LogP contribution < -0.4 is 5.32 Å². The fraction of sp³-hybridized carbons (Fsp3) is 0.312. The zero-order chi connectivity index (χ0) is 16.1. The van der Waals surface area contributed by atoms with Crippen molar-refractivity contribution in [1.29, 1.82) is 0 Å². The minimum atomic E-state index is -0.889. The predicted molar refractivity (Wildman–Crippen MR) is 82.7 cm³/mol. The third kappa shape index (κ3) is 4.18. The molecule has 0 aliphatic carbocycles. The molecule has 0 aliphatic rings. The van der Waals surface area contributed by atoms with Gasteiger partial charge in [0.15, 0.2) is 0 Å². The van der Waals surface area contributed by atoms with Crippen LogP contribution in [0.3, 0.4) is 0 Å². The highest BCUT2D eigenvalue weighted by Gasteiger charge is 2.14. The lowest BCUT2D eigenvalue weighted by atomic mass is 10.0. The second kappa shape index (κ2) is 6.89. The molecular formula is C16H19N3O3. The van der Waals surface area contributed by atoms with Gasteiger partial charge in [0.05, 0.1) is 12.1 Å². The van der Waals surface area contributed by atoms with Gasteiger partial charge in [-0.15, -0.1) is 0 Å². The maximum Gasteiger partial charge on any atom is 0.310 e. The summed E-state index contributed by atoms with van der Waals surface area (Å²) in [5.74, 6) is -1.60. The molecule has 0 radical (unpaired) electrons. The number of hydrogen-bond acceptors (Lipinski definition) is 3. The number of anilines is 1. The fourth-order valence-corrected chi connectivity index (χ4v) is 2.11. The molecule has 22 heavy (non-hydrogen) atoms. The Morgan fingerprint density at radius 1 is 1.41 bits per heavy atom. The van der Waals surface area contributed by atoms with Crippen LogP contribution in [-0.2, 0) is 23.1 Å². The van der Waals surface area contributed by atoms with E-state index in [1.165, 1.54) is 0 Å². The molecule has 1 heterocycles. The molecule has 0 saturated carbocycles. The van der Waals surface area contributed by atoms with Crippen molar-refractivity contribution in [2.24, 2.45) is 7.05 Å². The van der Waals surface area contributed by atoms with Gasteiger partial charge in [-0.3, -0.25) is 14.3 Å². The van der Waals surface area contributed by atoms with Crippen LogP contribution >= 0.6 is 0 Å². The zero-order valence-corrected chi connectivity index (χ0v) is 12.6. The minimum Gasteiger partial charge on any atom is -0.481 e. The standard InChI is InChI=1S/C16H19N3O3/c1-11(16(21)22)13-4-3-5-14(8-13)18-15(20)7-6-12-9-17-19(2)10-12/h3-5,8-11H,6-7H2,1-2H3,(H,18,20)(H,21,22). The molecule has 6 heteroatoms. The van der Waals surface area contributed by atoms with Crippen molar-refractivity contribution in [3.63, 3.8) is 0 Å². The van der Waals surface area contributed by atoms with E-state index in [0.717, 1.165) is 5.56 Å². The van der Waals surface area contributed by atoms with Gasteiger partial charge in [0, 0.05) is 25.4 Å². The van der Waals surface area contributed by atoms with Gasteiger partial charge in [0.25, 0.3) is 0 Å². The number of rotatable bonds is 6. The Bertz CT molecular complexity index is 679. The van der Waals surface area contributed by atoms with Crippen LogP contribution in [-0.4, -0.2) is 26.8 Å².